The number of imidazole rings is 1. The van der Waals surface area contributed by atoms with E-state index in [4.69, 9.17) is 4.98 Å². The second-order valence-electron chi connectivity index (χ2n) is 7.64. The SMILES string of the molecule is CC(C)CC(=O)Nc1cccc(N2CCCn3c(nc4ccccc43)C2)c1. The number of nitrogens with zero attached hydrogens (tertiary/aromatic N) is 3. The predicted octanol–water partition coefficient (Wildman–Crippen LogP) is 4.43. The topological polar surface area (TPSA) is 50.2 Å². The number of aromatic nitrogens is 2. The number of para-hydroxylation sites is 2. The average molecular weight is 362 g/mol. The highest BCUT2D eigenvalue weighted by atomic mass is 16.1. The van der Waals surface area contributed by atoms with Crippen LogP contribution >= 0.6 is 0 Å². The lowest BCUT2D eigenvalue weighted by Gasteiger charge is -2.22. The number of anilines is 2. The van der Waals surface area contributed by atoms with Gasteiger partial charge in [-0.1, -0.05) is 32.0 Å². The smallest absolute Gasteiger partial charge is 0.224 e. The van der Waals surface area contributed by atoms with Crippen molar-refractivity contribution < 1.29 is 4.79 Å². The Kier molecular flexibility index (Phi) is 4.84. The van der Waals surface area contributed by atoms with Crippen LogP contribution in [0.25, 0.3) is 11.0 Å². The second-order valence-corrected chi connectivity index (χ2v) is 7.64. The van der Waals surface area contributed by atoms with Gasteiger partial charge in [-0.3, -0.25) is 4.79 Å². The number of carbonyl (C=O) groups excluding carboxylic acids is 1. The summed E-state index contributed by atoms with van der Waals surface area (Å²) in [7, 11) is 0. The highest BCUT2D eigenvalue weighted by Crippen LogP contribution is 2.26. The Hall–Kier alpha value is -2.82. The molecule has 3 aromatic rings. The summed E-state index contributed by atoms with van der Waals surface area (Å²) in [5, 5.41) is 3.02. The number of rotatable bonds is 4. The largest absolute Gasteiger partial charge is 0.364 e. The Bertz CT molecular complexity index is 960. The summed E-state index contributed by atoms with van der Waals surface area (Å²) in [5.74, 6) is 1.52. The Morgan fingerprint density at radius 1 is 1.15 bits per heavy atom. The molecule has 4 rings (SSSR count). The van der Waals surface area contributed by atoms with Crippen LogP contribution in [0.15, 0.2) is 48.5 Å². The summed E-state index contributed by atoms with van der Waals surface area (Å²) in [6.07, 6.45) is 1.61. The summed E-state index contributed by atoms with van der Waals surface area (Å²) in [4.78, 5) is 19.3. The third-order valence-corrected chi connectivity index (χ3v) is 4.96. The number of fused-ring (bicyclic) bond motifs is 3. The van der Waals surface area contributed by atoms with E-state index in [0.29, 0.717) is 12.3 Å². The number of hydrogen-bond donors (Lipinski definition) is 1. The van der Waals surface area contributed by atoms with Crippen LogP contribution in [-0.4, -0.2) is 22.0 Å². The number of benzene rings is 2. The molecule has 2 aromatic carbocycles. The van der Waals surface area contributed by atoms with E-state index in [9.17, 15) is 4.79 Å². The number of aryl methyl sites for hydroxylation is 1. The molecule has 0 radical (unpaired) electrons. The summed E-state index contributed by atoms with van der Waals surface area (Å²) < 4.78 is 2.34. The van der Waals surface area contributed by atoms with Crippen LogP contribution in [0.4, 0.5) is 11.4 Å². The fourth-order valence-corrected chi connectivity index (χ4v) is 3.75. The summed E-state index contributed by atoms with van der Waals surface area (Å²) in [6.45, 7) is 6.84. The molecule has 2 heterocycles. The molecule has 0 fully saturated rings. The maximum Gasteiger partial charge on any atom is 0.224 e. The van der Waals surface area contributed by atoms with Crippen molar-refractivity contribution in [2.24, 2.45) is 5.92 Å². The van der Waals surface area contributed by atoms with Crippen LogP contribution in [0, 0.1) is 5.92 Å². The molecule has 1 aromatic heterocycles. The molecule has 1 amide bonds. The Balaban J connectivity index is 1.56. The van der Waals surface area contributed by atoms with Gasteiger partial charge in [-0.25, -0.2) is 4.98 Å². The first kappa shape index (κ1) is 17.6. The van der Waals surface area contributed by atoms with Crippen molar-refractivity contribution >= 4 is 28.3 Å². The zero-order chi connectivity index (χ0) is 18.8. The Labute approximate surface area is 160 Å². The van der Waals surface area contributed by atoms with E-state index in [0.717, 1.165) is 48.8 Å². The predicted molar refractivity (Wildman–Crippen MR) is 110 cm³/mol. The molecule has 0 atom stereocenters. The maximum absolute atomic E-state index is 12.1. The monoisotopic (exact) mass is 362 g/mol. The normalized spacial score (nSPS) is 14.3. The van der Waals surface area contributed by atoms with Crippen LogP contribution < -0.4 is 10.2 Å². The molecule has 5 heteroatoms. The van der Waals surface area contributed by atoms with Crippen molar-refractivity contribution in [3.8, 4) is 0 Å². The van der Waals surface area contributed by atoms with Crippen LogP contribution in [0.1, 0.15) is 32.5 Å². The van der Waals surface area contributed by atoms with Gasteiger partial charge in [0.05, 0.1) is 17.6 Å². The van der Waals surface area contributed by atoms with Gasteiger partial charge < -0.3 is 14.8 Å². The van der Waals surface area contributed by atoms with E-state index < -0.39 is 0 Å². The molecule has 5 nitrogen and oxygen atoms in total. The molecule has 0 bridgehead atoms. The van der Waals surface area contributed by atoms with E-state index in [1.807, 2.05) is 18.2 Å². The molecule has 27 heavy (non-hydrogen) atoms. The molecule has 0 unspecified atom stereocenters. The van der Waals surface area contributed by atoms with Gasteiger partial charge in [0.25, 0.3) is 0 Å². The first-order chi connectivity index (χ1) is 13.1. The zero-order valence-electron chi connectivity index (χ0n) is 16.0. The molecular formula is C22H26N4O. The molecule has 0 saturated heterocycles. The van der Waals surface area contributed by atoms with Crippen LogP contribution in [0.5, 0.6) is 0 Å². The number of carbonyl (C=O) groups is 1. The van der Waals surface area contributed by atoms with E-state index in [-0.39, 0.29) is 5.91 Å². The fraction of sp³-hybridized carbons (Fsp3) is 0.364. The number of hydrogen-bond acceptors (Lipinski definition) is 3. The van der Waals surface area contributed by atoms with Crippen LogP contribution in [0.2, 0.25) is 0 Å². The third-order valence-electron chi connectivity index (χ3n) is 4.96. The van der Waals surface area contributed by atoms with Crippen molar-refractivity contribution in [2.45, 2.75) is 39.8 Å². The van der Waals surface area contributed by atoms with Gasteiger partial charge in [0.15, 0.2) is 0 Å². The maximum atomic E-state index is 12.1. The van der Waals surface area contributed by atoms with Crippen LogP contribution in [0.3, 0.4) is 0 Å². The Morgan fingerprint density at radius 2 is 2.00 bits per heavy atom. The molecule has 0 saturated carbocycles. The van der Waals surface area contributed by atoms with Crippen molar-refractivity contribution in [3.05, 3.63) is 54.4 Å². The lowest BCUT2D eigenvalue weighted by molar-refractivity contribution is -0.116. The van der Waals surface area contributed by atoms with E-state index >= 15 is 0 Å². The number of nitrogens with one attached hydrogen (secondary N) is 1. The molecule has 1 aliphatic rings. The van der Waals surface area contributed by atoms with Gasteiger partial charge in [0.2, 0.25) is 5.91 Å². The van der Waals surface area contributed by atoms with Gasteiger partial charge in [-0.15, -0.1) is 0 Å². The molecule has 0 aliphatic carbocycles. The van der Waals surface area contributed by atoms with E-state index in [2.05, 4.69) is 59.0 Å². The minimum atomic E-state index is 0.0693. The van der Waals surface area contributed by atoms with E-state index in [1.54, 1.807) is 0 Å². The molecule has 1 aliphatic heterocycles. The minimum Gasteiger partial charge on any atom is -0.364 e. The molecular weight excluding hydrogens is 336 g/mol. The minimum absolute atomic E-state index is 0.0693. The highest BCUT2D eigenvalue weighted by Gasteiger charge is 2.19. The highest BCUT2D eigenvalue weighted by molar-refractivity contribution is 5.91. The standard InChI is InChI=1S/C22H26N4O/c1-16(2)13-22(27)23-17-7-5-8-18(14-17)25-11-6-12-26-20-10-4-3-9-19(20)24-21(26)15-25/h3-5,7-10,14,16H,6,11-13,15H2,1-2H3,(H,23,27). The first-order valence-electron chi connectivity index (χ1n) is 9.69. The van der Waals surface area contributed by atoms with Gasteiger partial charge in [-0.2, -0.15) is 0 Å². The van der Waals surface area contributed by atoms with Crippen molar-refractivity contribution in [1.82, 2.24) is 9.55 Å². The average Bonchev–Trinajstić information content (AvgIpc) is 2.84. The third kappa shape index (κ3) is 3.82. The Morgan fingerprint density at radius 3 is 2.85 bits per heavy atom. The zero-order valence-corrected chi connectivity index (χ0v) is 16.0. The van der Waals surface area contributed by atoms with Gasteiger partial charge in [-0.05, 0) is 42.7 Å². The fourth-order valence-electron chi connectivity index (χ4n) is 3.75. The first-order valence-corrected chi connectivity index (χ1v) is 9.69. The summed E-state index contributed by atoms with van der Waals surface area (Å²) >= 11 is 0. The van der Waals surface area contributed by atoms with Gasteiger partial charge in [0.1, 0.15) is 5.82 Å². The molecule has 0 spiro atoms. The summed E-state index contributed by atoms with van der Waals surface area (Å²) in [6, 6.07) is 16.5. The van der Waals surface area contributed by atoms with Crippen molar-refractivity contribution in [3.63, 3.8) is 0 Å². The quantitative estimate of drug-likeness (QED) is 0.747. The van der Waals surface area contributed by atoms with Crippen LogP contribution in [-0.2, 0) is 17.9 Å². The lowest BCUT2D eigenvalue weighted by atomic mass is 10.1. The van der Waals surface area contributed by atoms with E-state index in [1.165, 1.54) is 5.52 Å². The van der Waals surface area contributed by atoms with Crippen molar-refractivity contribution in [2.75, 3.05) is 16.8 Å². The number of amides is 1. The van der Waals surface area contributed by atoms with Crippen molar-refractivity contribution in [1.29, 1.82) is 0 Å². The second kappa shape index (κ2) is 7.43. The molecule has 1 N–H and O–H groups in total. The van der Waals surface area contributed by atoms with Gasteiger partial charge in [0, 0.05) is 30.9 Å². The summed E-state index contributed by atoms with van der Waals surface area (Å²) in [5.41, 5.74) is 4.25. The lowest BCUT2D eigenvalue weighted by Crippen LogP contribution is -2.23. The molecule has 140 valence electrons. The van der Waals surface area contributed by atoms with Gasteiger partial charge >= 0.3 is 0 Å².